The van der Waals surface area contributed by atoms with Crippen molar-refractivity contribution in [2.75, 3.05) is 43.6 Å². The summed E-state index contributed by atoms with van der Waals surface area (Å²) in [5, 5.41) is 3.34. The van der Waals surface area contributed by atoms with Gasteiger partial charge in [-0.05, 0) is 36.4 Å². The summed E-state index contributed by atoms with van der Waals surface area (Å²) in [5.74, 6) is 1.15. The molecular formula is C20H20N4O3S. The number of carbonyl (C=O) groups excluding carboxylic acids is 1. The SMILES string of the molecule is COc1ccc(-c2nsc(NC(=O)c3ccccc3N3CCOCC3)n2)cc1. The van der Waals surface area contributed by atoms with Gasteiger partial charge >= 0.3 is 0 Å². The van der Waals surface area contributed by atoms with Gasteiger partial charge in [0.15, 0.2) is 5.82 Å². The summed E-state index contributed by atoms with van der Waals surface area (Å²) in [6, 6.07) is 15.1. The average Bonchev–Trinajstić information content (AvgIpc) is 3.23. The third-order valence-corrected chi connectivity index (χ3v) is 5.13. The zero-order valence-corrected chi connectivity index (χ0v) is 16.2. The molecule has 0 aliphatic carbocycles. The summed E-state index contributed by atoms with van der Waals surface area (Å²) in [5.41, 5.74) is 2.39. The van der Waals surface area contributed by atoms with Gasteiger partial charge in [-0.25, -0.2) is 0 Å². The molecule has 8 heteroatoms. The summed E-state index contributed by atoms with van der Waals surface area (Å²) in [6.45, 7) is 2.87. The Morgan fingerprint density at radius 2 is 1.89 bits per heavy atom. The van der Waals surface area contributed by atoms with Gasteiger partial charge in [0, 0.05) is 35.9 Å². The lowest BCUT2D eigenvalue weighted by atomic mass is 10.1. The molecule has 1 amide bonds. The maximum Gasteiger partial charge on any atom is 0.259 e. The van der Waals surface area contributed by atoms with Crippen molar-refractivity contribution in [1.82, 2.24) is 9.36 Å². The summed E-state index contributed by atoms with van der Waals surface area (Å²) in [7, 11) is 1.62. The molecule has 0 spiro atoms. The zero-order chi connectivity index (χ0) is 19.3. The van der Waals surface area contributed by atoms with Gasteiger partial charge in [0.1, 0.15) is 5.75 Å². The van der Waals surface area contributed by atoms with Gasteiger partial charge < -0.3 is 14.4 Å². The van der Waals surface area contributed by atoms with Gasteiger partial charge in [0.25, 0.3) is 5.91 Å². The zero-order valence-electron chi connectivity index (χ0n) is 15.4. The number of ether oxygens (including phenoxy) is 2. The fraction of sp³-hybridized carbons (Fsp3) is 0.250. The topological polar surface area (TPSA) is 76.6 Å². The van der Waals surface area contributed by atoms with Crippen LogP contribution in [0, 0.1) is 0 Å². The van der Waals surface area contributed by atoms with Crippen molar-refractivity contribution in [1.29, 1.82) is 0 Å². The van der Waals surface area contributed by atoms with Gasteiger partial charge in [0.2, 0.25) is 5.13 Å². The first-order valence-corrected chi connectivity index (χ1v) is 9.73. The van der Waals surface area contributed by atoms with Gasteiger partial charge in [0.05, 0.1) is 25.9 Å². The molecule has 144 valence electrons. The number of nitrogens with one attached hydrogen (secondary N) is 1. The van der Waals surface area contributed by atoms with Gasteiger partial charge in [-0.15, -0.1) is 0 Å². The Balaban J connectivity index is 1.51. The van der Waals surface area contributed by atoms with Crippen molar-refractivity contribution in [2.24, 2.45) is 0 Å². The molecule has 1 N–H and O–H groups in total. The number of hydrogen-bond donors (Lipinski definition) is 1. The van der Waals surface area contributed by atoms with E-state index in [1.165, 1.54) is 0 Å². The van der Waals surface area contributed by atoms with Crippen molar-refractivity contribution < 1.29 is 14.3 Å². The van der Waals surface area contributed by atoms with Crippen LogP contribution >= 0.6 is 11.5 Å². The predicted octanol–water partition coefficient (Wildman–Crippen LogP) is 3.30. The average molecular weight is 396 g/mol. The molecule has 28 heavy (non-hydrogen) atoms. The number of anilines is 2. The van der Waals surface area contributed by atoms with E-state index in [4.69, 9.17) is 9.47 Å². The maximum atomic E-state index is 12.9. The first-order valence-electron chi connectivity index (χ1n) is 8.96. The molecule has 0 atom stereocenters. The second-order valence-electron chi connectivity index (χ2n) is 6.22. The lowest BCUT2D eigenvalue weighted by molar-refractivity contribution is 0.102. The molecular weight excluding hydrogens is 376 g/mol. The van der Waals surface area contributed by atoms with Crippen molar-refractivity contribution in [3.63, 3.8) is 0 Å². The van der Waals surface area contributed by atoms with Crippen LogP contribution in [-0.4, -0.2) is 48.7 Å². The molecule has 1 aromatic heterocycles. The predicted molar refractivity (Wildman–Crippen MR) is 109 cm³/mol. The standard InChI is InChI=1S/C20H20N4O3S/c1-26-15-8-6-14(7-9-15)18-21-20(28-23-18)22-19(25)16-4-2-3-5-17(16)24-10-12-27-13-11-24/h2-9H,10-13H2,1H3,(H,21,22,23,25). The molecule has 1 aliphatic heterocycles. The number of amides is 1. The molecule has 0 unspecified atom stereocenters. The van der Waals surface area contributed by atoms with Crippen LogP contribution in [0.1, 0.15) is 10.4 Å². The van der Waals surface area contributed by atoms with Crippen LogP contribution in [-0.2, 0) is 4.74 Å². The molecule has 1 saturated heterocycles. The number of carbonyl (C=O) groups is 1. The molecule has 3 aromatic rings. The number of hydrogen-bond acceptors (Lipinski definition) is 7. The largest absolute Gasteiger partial charge is 0.497 e. The summed E-state index contributed by atoms with van der Waals surface area (Å²) in [6.07, 6.45) is 0. The van der Waals surface area contributed by atoms with E-state index in [0.717, 1.165) is 41.6 Å². The van der Waals surface area contributed by atoms with Crippen molar-refractivity contribution in [2.45, 2.75) is 0 Å². The lowest BCUT2D eigenvalue weighted by Gasteiger charge is -2.30. The minimum Gasteiger partial charge on any atom is -0.497 e. The van der Waals surface area contributed by atoms with E-state index >= 15 is 0 Å². The number of morpholine rings is 1. The second-order valence-corrected chi connectivity index (χ2v) is 6.97. The van der Waals surface area contributed by atoms with Crippen LogP contribution in [0.5, 0.6) is 5.75 Å². The van der Waals surface area contributed by atoms with Crippen LogP contribution in [0.4, 0.5) is 10.8 Å². The van der Waals surface area contributed by atoms with E-state index in [0.29, 0.717) is 29.7 Å². The van der Waals surface area contributed by atoms with Gasteiger partial charge in [-0.1, -0.05) is 12.1 Å². The summed E-state index contributed by atoms with van der Waals surface area (Å²) >= 11 is 1.16. The highest BCUT2D eigenvalue weighted by Crippen LogP contribution is 2.26. The molecule has 2 aromatic carbocycles. The molecule has 7 nitrogen and oxygen atoms in total. The fourth-order valence-corrected chi connectivity index (χ4v) is 3.63. The lowest BCUT2D eigenvalue weighted by Crippen LogP contribution is -2.37. The molecule has 0 radical (unpaired) electrons. The third-order valence-electron chi connectivity index (χ3n) is 4.50. The number of methoxy groups -OCH3 is 1. The fourth-order valence-electron chi connectivity index (χ4n) is 3.04. The quantitative estimate of drug-likeness (QED) is 0.713. The Bertz CT molecular complexity index is 952. The number of benzene rings is 2. The molecule has 1 aliphatic rings. The van der Waals surface area contributed by atoms with Gasteiger partial charge in [-0.2, -0.15) is 9.36 Å². The van der Waals surface area contributed by atoms with Gasteiger partial charge in [-0.3, -0.25) is 10.1 Å². The number of para-hydroxylation sites is 1. The van der Waals surface area contributed by atoms with Crippen LogP contribution in [0.15, 0.2) is 48.5 Å². The Labute approximate surface area is 167 Å². The highest BCUT2D eigenvalue weighted by Gasteiger charge is 2.19. The number of nitrogens with zero attached hydrogens (tertiary/aromatic N) is 3. The molecule has 0 bridgehead atoms. The smallest absolute Gasteiger partial charge is 0.259 e. The van der Waals surface area contributed by atoms with Crippen LogP contribution in [0.25, 0.3) is 11.4 Å². The Hall–Kier alpha value is -2.97. The van der Waals surface area contributed by atoms with Crippen LogP contribution < -0.4 is 15.0 Å². The van der Waals surface area contributed by atoms with Crippen molar-refractivity contribution in [3.05, 3.63) is 54.1 Å². The first kappa shape index (κ1) is 18.4. The number of aromatic nitrogens is 2. The Kier molecular flexibility index (Phi) is 5.50. The molecule has 0 saturated carbocycles. The molecule has 1 fully saturated rings. The van der Waals surface area contributed by atoms with E-state index in [1.807, 2.05) is 48.5 Å². The van der Waals surface area contributed by atoms with E-state index < -0.39 is 0 Å². The second kappa shape index (κ2) is 8.37. The van der Waals surface area contributed by atoms with Crippen LogP contribution in [0.3, 0.4) is 0 Å². The summed E-state index contributed by atoms with van der Waals surface area (Å²) in [4.78, 5) is 19.5. The van der Waals surface area contributed by atoms with E-state index in [1.54, 1.807) is 7.11 Å². The highest BCUT2D eigenvalue weighted by molar-refractivity contribution is 7.10. The minimum atomic E-state index is -0.195. The Morgan fingerprint density at radius 1 is 1.14 bits per heavy atom. The molecule has 4 rings (SSSR count). The minimum absolute atomic E-state index is 0.195. The number of rotatable bonds is 5. The highest BCUT2D eigenvalue weighted by atomic mass is 32.1. The normalized spacial score (nSPS) is 14.0. The van der Waals surface area contributed by atoms with Crippen molar-refractivity contribution in [3.8, 4) is 17.1 Å². The van der Waals surface area contributed by atoms with Crippen molar-refractivity contribution >= 4 is 28.3 Å². The Morgan fingerprint density at radius 3 is 2.64 bits per heavy atom. The maximum absolute atomic E-state index is 12.9. The first-order chi connectivity index (χ1) is 13.7. The molecule has 2 heterocycles. The summed E-state index contributed by atoms with van der Waals surface area (Å²) < 4.78 is 14.9. The monoisotopic (exact) mass is 396 g/mol. The van der Waals surface area contributed by atoms with E-state index in [-0.39, 0.29) is 5.91 Å². The van der Waals surface area contributed by atoms with E-state index in [9.17, 15) is 4.79 Å². The third kappa shape index (κ3) is 3.97. The van der Waals surface area contributed by atoms with E-state index in [2.05, 4.69) is 19.6 Å². The van der Waals surface area contributed by atoms with Crippen LogP contribution in [0.2, 0.25) is 0 Å².